The van der Waals surface area contributed by atoms with Crippen LogP contribution in [0.5, 0.6) is 0 Å². The van der Waals surface area contributed by atoms with Crippen LogP contribution >= 0.6 is 11.8 Å². The van der Waals surface area contributed by atoms with Crippen LogP contribution in [-0.4, -0.2) is 10.8 Å². The number of hydrogen-bond donors (Lipinski definition) is 0. The first kappa shape index (κ1) is 13.8. The van der Waals surface area contributed by atoms with E-state index in [0.29, 0.717) is 5.69 Å². The average Bonchev–Trinajstić information content (AvgIpc) is 2.36. The molecule has 0 bridgehead atoms. The van der Waals surface area contributed by atoms with Crippen LogP contribution in [0.1, 0.15) is 34.1 Å². The van der Waals surface area contributed by atoms with Crippen molar-refractivity contribution in [2.24, 2.45) is 0 Å². The number of benzene rings is 1. The summed E-state index contributed by atoms with van der Waals surface area (Å²) in [7, 11) is 0. The number of ketones is 1. The Bertz CT molecular complexity index is 570. The number of hydrogen-bond acceptors (Lipinski definition) is 3. The van der Waals surface area contributed by atoms with Gasteiger partial charge in [-0.25, -0.2) is 0 Å². The Balaban J connectivity index is 2.03. The molecule has 1 heterocycles. The molecule has 0 amide bonds. The molecule has 98 valence electrons. The van der Waals surface area contributed by atoms with Crippen LogP contribution in [-0.2, 0) is 5.75 Å². The molecular formula is C16H17NOS. The molecule has 0 aliphatic carbocycles. The van der Waals surface area contributed by atoms with Crippen molar-refractivity contribution < 1.29 is 4.79 Å². The van der Waals surface area contributed by atoms with Gasteiger partial charge >= 0.3 is 0 Å². The predicted octanol–water partition coefficient (Wildman–Crippen LogP) is 4.19. The third-order valence-electron chi connectivity index (χ3n) is 2.78. The Labute approximate surface area is 118 Å². The minimum absolute atomic E-state index is 0.00542. The average molecular weight is 271 g/mol. The van der Waals surface area contributed by atoms with Crippen molar-refractivity contribution in [2.75, 3.05) is 0 Å². The van der Waals surface area contributed by atoms with Crippen molar-refractivity contribution in [3.8, 4) is 0 Å². The molecule has 1 aromatic carbocycles. The summed E-state index contributed by atoms with van der Waals surface area (Å²) < 4.78 is 0. The van der Waals surface area contributed by atoms with Gasteiger partial charge in [0.25, 0.3) is 0 Å². The fraction of sp³-hybridized carbons (Fsp3) is 0.250. The number of Topliss-reactive ketones (excluding diaryl/α,β-unsaturated/α-hetero) is 1. The summed E-state index contributed by atoms with van der Waals surface area (Å²) in [5, 5.41) is 0. The van der Waals surface area contributed by atoms with Gasteiger partial charge in [-0.15, -0.1) is 11.8 Å². The molecule has 0 spiro atoms. The predicted molar refractivity (Wildman–Crippen MR) is 79.7 cm³/mol. The number of carbonyl (C=O) groups is 1. The maximum absolute atomic E-state index is 11.1. The molecule has 2 aromatic rings. The number of aromatic nitrogens is 1. The molecule has 0 atom stereocenters. The number of thioether (sulfide) groups is 1. The number of aryl methyl sites for hydroxylation is 2. The van der Waals surface area contributed by atoms with Crippen molar-refractivity contribution >= 4 is 17.5 Å². The molecule has 2 rings (SSSR count). The van der Waals surface area contributed by atoms with E-state index in [1.807, 2.05) is 6.07 Å². The molecule has 19 heavy (non-hydrogen) atoms. The van der Waals surface area contributed by atoms with E-state index in [0.717, 1.165) is 10.6 Å². The summed E-state index contributed by atoms with van der Waals surface area (Å²) in [5.41, 5.74) is 4.43. The first-order valence-electron chi connectivity index (χ1n) is 6.21. The first-order valence-corrected chi connectivity index (χ1v) is 7.20. The lowest BCUT2D eigenvalue weighted by molar-refractivity contribution is 0.101. The molecule has 0 aliphatic heterocycles. The van der Waals surface area contributed by atoms with Crippen LogP contribution in [0, 0.1) is 13.8 Å². The van der Waals surface area contributed by atoms with E-state index >= 15 is 0 Å². The van der Waals surface area contributed by atoms with Gasteiger partial charge in [0.1, 0.15) is 5.69 Å². The lowest BCUT2D eigenvalue weighted by Gasteiger charge is -2.05. The number of nitrogens with zero attached hydrogens (tertiary/aromatic N) is 1. The van der Waals surface area contributed by atoms with E-state index < -0.39 is 0 Å². The third kappa shape index (κ3) is 3.93. The van der Waals surface area contributed by atoms with Crippen LogP contribution in [0.4, 0.5) is 0 Å². The topological polar surface area (TPSA) is 30.0 Å². The number of pyridine rings is 1. The second kappa shape index (κ2) is 6.02. The summed E-state index contributed by atoms with van der Waals surface area (Å²) in [6.45, 7) is 5.76. The van der Waals surface area contributed by atoms with E-state index in [2.05, 4.69) is 37.0 Å². The quantitative estimate of drug-likeness (QED) is 0.617. The zero-order valence-corrected chi connectivity index (χ0v) is 12.3. The summed E-state index contributed by atoms with van der Waals surface area (Å²) in [6.07, 6.45) is 1.77. The molecule has 0 saturated heterocycles. The third-order valence-corrected chi connectivity index (χ3v) is 3.84. The highest BCUT2D eigenvalue weighted by atomic mass is 32.2. The molecule has 0 saturated carbocycles. The van der Waals surface area contributed by atoms with Crippen molar-refractivity contribution in [3.05, 3.63) is 58.9 Å². The highest BCUT2D eigenvalue weighted by molar-refractivity contribution is 7.98. The summed E-state index contributed by atoms with van der Waals surface area (Å²) in [5.74, 6) is 0.926. The maximum atomic E-state index is 11.1. The lowest BCUT2D eigenvalue weighted by atomic mass is 10.1. The SMILES string of the molecule is CC(=O)c1ccc(SCc2cc(C)cc(C)c2)cn1. The van der Waals surface area contributed by atoms with Crippen molar-refractivity contribution in [1.82, 2.24) is 4.98 Å². The van der Waals surface area contributed by atoms with Gasteiger partial charge in [0.2, 0.25) is 0 Å². The van der Waals surface area contributed by atoms with Gasteiger partial charge in [0.15, 0.2) is 5.78 Å². The molecule has 1 aromatic heterocycles. The van der Waals surface area contributed by atoms with Crippen molar-refractivity contribution in [3.63, 3.8) is 0 Å². The zero-order valence-electron chi connectivity index (χ0n) is 11.4. The van der Waals surface area contributed by atoms with E-state index in [4.69, 9.17) is 0 Å². The van der Waals surface area contributed by atoms with Gasteiger partial charge in [0, 0.05) is 23.8 Å². The fourth-order valence-electron chi connectivity index (χ4n) is 1.99. The molecule has 0 radical (unpaired) electrons. The summed E-state index contributed by atoms with van der Waals surface area (Å²) in [6, 6.07) is 10.3. The minimum atomic E-state index is 0.00542. The standard InChI is InChI=1S/C16H17NOS/c1-11-6-12(2)8-14(7-11)10-19-15-4-5-16(13(3)18)17-9-15/h4-9H,10H2,1-3H3. The smallest absolute Gasteiger partial charge is 0.178 e. The van der Waals surface area contributed by atoms with Gasteiger partial charge < -0.3 is 0 Å². The maximum Gasteiger partial charge on any atom is 0.178 e. The fourth-order valence-corrected chi connectivity index (χ4v) is 2.78. The first-order chi connectivity index (χ1) is 9.04. The molecule has 0 N–H and O–H groups in total. The van der Waals surface area contributed by atoms with Crippen molar-refractivity contribution in [2.45, 2.75) is 31.4 Å². The van der Waals surface area contributed by atoms with Gasteiger partial charge in [-0.05, 0) is 31.5 Å². The minimum Gasteiger partial charge on any atom is -0.293 e. The zero-order chi connectivity index (χ0) is 13.8. The Kier molecular flexibility index (Phi) is 4.38. The van der Waals surface area contributed by atoms with Crippen LogP contribution in [0.2, 0.25) is 0 Å². The van der Waals surface area contributed by atoms with Gasteiger partial charge in [-0.3, -0.25) is 9.78 Å². The molecule has 0 aliphatic rings. The lowest BCUT2D eigenvalue weighted by Crippen LogP contribution is -1.95. The normalized spacial score (nSPS) is 10.5. The number of rotatable bonds is 4. The van der Waals surface area contributed by atoms with Crippen LogP contribution in [0.15, 0.2) is 41.4 Å². The molecule has 0 fully saturated rings. The molecule has 0 unspecified atom stereocenters. The van der Waals surface area contributed by atoms with Gasteiger partial charge in [-0.1, -0.05) is 29.3 Å². The van der Waals surface area contributed by atoms with Crippen LogP contribution in [0.25, 0.3) is 0 Å². The van der Waals surface area contributed by atoms with Crippen molar-refractivity contribution in [1.29, 1.82) is 0 Å². The molecular weight excluding hydrogens is 254 g/mol. The largest absolute Gasteiger partial charge is 0.293 e. The highest BCUT2D eigenvalue weighted by Gasteiger charge is 2.02. The van der Waals surface area contributed by atoms with Gasteiger partial charge in [-0.2, -0.15) is 0 Å². The van der Waals surface area contributed by atoms with E-state index in [1.54, 1.807) is 24.0 Å². The second-order valence-electron chi connectivity index (χ2n) is 4.72. The molecule has 2 nitrogen and oxygen atoms in total. The Morgan fingerprint density at radius 1 is 1.16 bits per heavy atom. The monoisotopic (exact) mass is 271 g/mol. The van der Waals surface area contributed by atoms with E-state index in [1.165, 1.54) is 23.6 Å². The Hall–Kier alpha value is -1.61. The van der Waals surface area contributed by atoms with E-state index in [9.17, 15) is 4.79 Å². The summed E-state index contributed by atoms with van der Waals surface area (Å²) >= 11 is 1.74. The van der Waals surface area contributed by atoms with Crippen LogP contribution < -0.4 is 0 Å². The Morgan fingerprint density at radius 3 is 2.37 bits per heavy atom. The summed E-state index contributed by atoms with van der Waals surface area (Å²) in [4.78, 5) is 16.4. The highest BCUT2D eigenvalue weighted by Crippen LogP contribution is 2.23. The van der Waals surface area contributed by atoms with E-state index in [-0.39, 0.29) is 5.78 Å². The van der Waals surface area contributed by atoms with Crippen LogP contribution in [0.3, 0.4) is 0 Å². The second-order valence-corrected chi connectivity index (χ2v) is 5.77. The van der Waals surface area contributed by atoms with Gasteiger partial charge in [0.05, 0.1) is 0 Å². The molecule has 3 heteroatoms. The Morgan fingerprint density at radius 2 is 1.84 bits per heavy atom. The number of carbonyl (C=O) groups excluding carboxylic acids is 1.